The minimum absolute atomic E-state index is 0. The number of para-hydroxylation sites is 1. The Balaban J connectivity index is 0.000000845. The number of benzene rings is 1. The Bertz CT molecular complexity index is 462. The molecule has 0 aliphatic carbocycles. The summed E-state index contributed by atoms with van der Waals surface area (Å²) in [6, 6.07) is 5.90. The topological polar surface area (TPSA) is 25.0 Å². The van der Waals surface area contributed by atoms with Crippen LogP contribution in [-0.2, 0) is 17.1 Å². The van der Waals surface area contributed by atoms with Crippen molar-refractivity contribution in [3.63, 3.8) is 0 Å². The van der Waals surface area contributed by atoms with Gasteiger partial charge in [0, 0.05) is 17.1 Å². The van der Waals surface area contributed by atoms with Crippen molar-refractivity contribution in [3.8, 4) is 5.75 Å². The molecule has 13 heavy (non-hydrogen) atoms. The summed E-state index contributed by atoms with van der Waals surface area (Å²) in [5, 5.41) is 0. The number of aromatic amines is 1. The van der Waals surface area contributed by atoms with Crippen molar-refractivity contribution in [2.45, 2.75) is 0 Å². The van der Waals surface area contributed by atoms with Crippen LogP contribution < -0.4 is 4.74 Å². The van der Waals surface area contributed by atoms with Crippen LogP contribution in [0.3, 0.4) is 0 Å². The fraction of sp³-hybridized carbons (Fsp3) is 0.125. The summed E-state index contributed by atoms with van der Waals surface area (Å²) in [7, 11) is 1.66. The Morgan fingerprint density at radius 3 is 2.92 bits per heavy atom. The molecule has 0 amide bonds. The largest absolute Gasteiger partial charge is 0.495 e. The van der Waals surface area contributed by atoms with Gasteiger partial charge in [0.25, 0.3) is 0 Å². The normalized spacial score (nSPS) is 9.62. The number of aromatic nitrogens is 1. The predicted octanol–water partition coefficient (Wildman–Crippen LogP) is 2.96. The predicted molar refractivity (Wildman–Crippen MR) is 53.6 cm³/mol. The molecule has 0 saturated carbocycles. The van der Waals surface area contributed by atoms with Gasteiger partial charge in [0.15, 0.2) is 3.95 Å². The summed E-state index contributed by atoms with van der Waals surface area (Å²) < 4.78 is 7.09. The summed E-state index contributed by atoms with van der Waals surface area (Å²) in [5.41, 5.74) is 0.995. The number of hydrogen-bond acceptors (Lipinski definition) is 3. The molecule has 73 valence electrons. The Morgan fingerprint density at radius 2 is 2.23 bits per heavy atom. The molecule has 1 aromatic carbocycles. The van der Waals surface area contributed by atoms with Crippen LogP contribution in [0.15, 0.2) is 18.2 Å². The number of methoxy groups -OCH3 is 1. The molecule has 0 fully saturated rings. The van der Waals surface area contributed by atoms with Crippen LogP contribution in [0, 0.1) is 3.95 Å². The maximum atomic E-state index is 5.17. The first-order valence-electron chi connectivity index (χ1n) is 3.47. The van der Waals surface area contributed by atoms with Gasteiger partial charge in [0.05, 0.1) is 17.3 Å². The Morgan fingerprint density at radius 1 is 1.46 bits per heavy atom. The van der Waals surface area contributed by atoms with E-state index in [0.29, 0.717) is 0 Å². The van der Waals surface area contributed by atoms with Crippen molar-refractivity contribution >= 4 is 33.8 Å². The Labute approximate surface area is 95.4 Å². The van der Waals surface area contributed by atoms with Crippen molar-refractivity contribution in [1.82, 2.24) is 4.98 Å². The van der Waals surface area contributed by atoms with E-state index in [1.54, 1.807) is 18.4 Å². The molecule has 2 aromatic rings. The second-order valence-corrected chi connectivity index (χ2v) is 4.07. The van der Waals surface area contributed by atoms with Crippen molar-refractivity contribution in [3.05, 3.63) is 22.2 Å². The Hall–Kier alpha value is -0.351. The van der Waals surface area contributed by atoms with E-state index in [1.165, 1.54) is 0 Å². The third-order valence-corrected chi connectivity index (χ3v) is 2.84. The molecule has 0 unspecified atom stereocenters. The van der Waals surface area contributed by atoms with E-state index >= 15 is 0 Å². The molecule has 0 atom stereocenters. The average Bonchev–Trinajstić information content (AvgIpc) is 2.44. The maximum Gasteiger partial charge on any atom is 0.159 e. The van der Waals surface area contributed by atoms with E-state index in [4.69, 9.17) is 17.0 Å². The van der Waals surface area contributed by atoms with Gasteiger partial charge in [0.1, 0.15) is 5.75 Å². The monoisotopic (exact) mass is 260 g/mol. The fourth-order valence-corrected chi connectivity index (χ4v) is 2.24. The standard InChI is InChI=1S/C8H7NOS2.Cu/c1-10-5-3-2-4-6-7(5)9-8(11)12-6;/h2-4H,1H3,(H,9,11);. The van der Waals surface area contributed by atoms with Gasteiger partial charge in [-0.3, -0.25) is 0 Å². The molecule has 0 aliphatic heterocycles. The summed E-state index contributed by atoms with van der Waals surface area (Å²) >= 11 is 6.59. The molecule has 1 heterocycles. The molecule has 0 bridgehead atoms. The van der Waals surface area contributed by atoms with E-state index in [0.717, 1.165) is 19.9 Å². The number of hydrogen-bond donors (Lipinski definition) is 1. The SMILES string of the molecule is COc1cccc2sc(=S)[nH]c12.[Cu]. The maximum absolute atomic E-state index is 5.17. The van der Waals surface area contributed by atoms with Gasteiger partial charge in [-0.15, -0.1) is 11.3 Å². The molecule has 2 nitrogen and oxygen atoms in total. The second-order valence-electron chi connectivity index (χ2n) is 2.35. The van der Waals surface area contributed by atoms with E-state index in [9.17, 15) is 0 Å². The third kappa shape index (κ3) is 1.94. The number of nitrogens with one attached hydrogen (secondary N) is 1. The molecule has 0 aliphatic rings. The van der Waals surface area contributed by atoms with Crippen LogP contribution in [0.1, 0.15) is 0 Å². The van der Waals surface area contributed by atoms with Crippen LogP contribution in [0.2, 0.25) is 0 Å². The fourth-order valence-electron chi connectivity index (χ4n) is 1.12. The average molecular weight is 261 g/mol. The van der Waals surface area contributed by atoms with Crippen LogP contribution in [0.4, 0.5) is 0 Å². The Kier molecular flexibility index (Phi) is 3.50. The van der Waals surface area contributed by atoms with E-state index < -0.39 is 0 Å². The number of fused-ring (bicyclic) bond motifs is 1. The van der Waals surface area contributed by atoms with Gasteiger partial charge in [-0.1, -0.05) is 6.07 Å². The molecule has 0 spiro atoms. The van der Waals surface area contributed by atoms with Gasteiger partial charge in [-0.05, 0) is 24.4 Å². The smallest absolute Gasteiger partial charge is 0.159 e. The molecule has 0 saturated heterocycles. The minimum atomic E-state index is 0. The minimum Gasteiger partial charge on any atom is -0.495 e. The van der Waals surface area contributed by atoms with E-state index in [1.807, 2.05) is 18.2 Å². The summed E-state index contributed by atoms with van der Waals surface area (Å²) in [5.74, 6) is 0.847. The molecule has 1 radical (unpaired) electrons. The van der Waals surface area contributed by atoms with Gasteiger partial charge < -0.3 is 9.72 Å². The van der Waals surface area contributed by atoms with Gasteiger partial charge in [-0.25, -0.2) is 0 Å². The molecule has 1 N–H and O–H groups in total. The van der Waals surface area contributed by atoms with Gasteiger partial charge >= 0.3 is 0 Å². The van der Waals surface area contributed by atoms with Gasteiger partial charge in [-0.2, -0.15) is 0 Å². The zero-order chi connectivity index (χ0) is 8.55. The van der Waals surface area contributed by atoms with Crippen LogP contribution in [0.25, 0.3) is 10.2 Å². The number of ether oxygens (including phenoxy) is 1. The first kappa shape index (κ1) is 10.7. The summed E-state index contributed by atoms with van der Waals surface area (Å²) in [4.78, 5) is 3.09. The molecular formula is C8H7CuNOS2. The van der Waals surface area contributed by atoms with Crippen molar-refractivity contribution < 1.29 is 21.8 Å². The number of rotatable bonds is 1. The first-order chi connectivity index (χ1) is 5.81. The quantitative estimate of drug-likeness (QED) is 0.630. The van der Waals surface area contributed by atoms with Gasteiger partial charge in [0.2, 0.25) is 0 Å². The summed E-state index contributed by atoms with van der Waals surface area (Å²) in [6.45, 7) is 0. The van der Waals surface area contributed by atoms with Crippen LogP contribution >= 0.6 is 23.6 Å². The summed E-state index contributed by atoms with van der Waals surface area (Å²) in [6.07, 6.45) is 0. The molecule has 5 heteroatoms. The van der Waals surface area contributed by atoms with Crippen LogP contribution in [-0.4, -0.2) is 12.1 Å². The van der Waals surface area contributed by atoms with Crippen molar-refractivity contribution in [2.75, 3.05) is 7.11 Å². The van der Waals surface area contributed by atoms with E-state index in [-0.39, 0.29) is 17.1 Å². The first-order valence-corrected chi connectivity index (χ1v) is 4.69. The zero-order valence-corrected chi connectivity index (χ0v) is 9.33. The molecular weight excluding hydrogens is 254 g/mol. The van der Waals surface area contributed by atoms with E-state index in [2.05, 4.69) is 4.98 Å². The molecule has 2 rings (SSSR count). The number of H-pyrrole nitrogens is 1. The zero-order valence-electron chi connectivity index (χ0n) is 6.76. The second kappa shape index (κ2) is 4.24. The molecule has 1 aromatic heterocycles. The van der Waals surface area contributed by atoms with Crippen molar-refractivity contribution in [2.24, 2.45) is 0 Å². The third-order valence-electron chi connectivity index (χ3n) is 1.64. The van der Waals surface area contributed by atoms with Crippen LogP contribution in [0.5, 0.6) is 5.75 Å². The van der Waals surface area contributed by atoms with Crippen molar-refractivity contribution in [1.29, 1.82) is 0 Å². The number of thiazole rings is 1.